The van der Waals surface area contributed by atoms with E-state index in [0.717, 1.165) is 5.56 Å². The van der Waals surface area contributed by atoms with Crippen molar-refractivity contribution in [3.8, 4) is 11.5 Å². The lowest BCUT2D eigenvalue weighted by atomic mass is 9.87. The van der Waals surface area contributed by atoms with Crippen LogP contribution in [0.5, 0.6) is 11.5 Å². The van der Waals surface area contributed by atoms with Crippen LogP contribution in [0.1, 0.15) is 12.0 Å². The van der Waals surface area contributed by atoms with E-state index in [1.165, 1.54) is 0 Å². The van der Waals surface area contributed by atoms with E-state index in [2.05, 4.69) is 16.2 Å². The molecule has 6 N–H and O–H groups in total. The zero-order valence-corrected chi connectivity index (χ0v) is 16.0. The van der Waals surface area contributed by atoms with E-state index < -0.39 is 30.1 Å². The van der Waals surface area contributed by atoms with Crippen LogP contribution in [0.25, 0.3) is 0 Å². The summed E-state index contributed by atoms with van der Waals surface area (Å²) >= 11 is 5.12. The zero-order valence-electron chi connectivity index (χ0n) is 15.1. The van der Waals surface area contributed by atoms with Crippen LogP contribution in [-0.2, 0) is 11.2 Å². The number of aliphatic hydroxyl groups excluding tert-OH is 3. The van der Waals surface area contributed by atoms with Gasteiger partial charge in [-0.2, -0.15) is 0 Å². The molecule has 1 saturated carbocycles. The van der Waals surface area contributed by atoms with E-state index in [-0.39, 0.29) is 11.5 Å². The fourth-order valence-corrected chi connectivity index (χ4v) is 2.95. The number of thiocarbonyl (C=S) groups is 1. The van der Waals surface area contributed by atoms with Crippen LogP contribution in [0.4, 0.5) is 0 Å². The Morgan fingerprint density at radius 2 is 1.89 bits per heavy atom. The summed E-state index contributed by atoms with van der Waals surface area (Å²) in [7, 11) is 3.14. The molecule has 0 amide bonds. The smallest absolute Gasteiger partial charge is 0.185 e. The first-order chi connectivity index (χ1) is 12.9. The first-order valence-corrected chi connectivity index (χ1v) is 8.86. The van der Waals surface area contributed by atoms with Gasteiger partial charge in [0.05, 0.1) is 26.4 Å². The van der Waals surface area contributed by atoms with Gasteiger partial charge in [0.25, 0.3) is 0 Å². The average Bonchev–Trinajstić information content (AvgIpc) is 2.66. The maximum atomic E-state index is 11.9. The zero-order chi connectivity index (χ0) is 20.0. The number of hydrazine groups is 1. The Morgan fingerprint density at radius 1 is 1.19 bits per heavy atom. The van der Waals surface area contributed by atoms with Crippen molar-refractivity contribution in [2.75, 3.05) is 20.8 Å². The van der Waals surface area contributed by atoms with Crippen molar-refractivity contribution in [3.05, 3.63) is 23.8 Å². The number of hydrogen-bond acceptors (Lipinski definition) is 8. The van der Waals surface area contributed by atoms with Gasteiger partial charge in [-0.1, -0.05) is 6.07 Å². The minimum Gasteiger partial charge on any atom is -0.493 e. The molecule has 0 saturated heterocycles. The van der Waals surface area contributed by atoms with E-state index in [0.29, 0.717) is 24.5 Å². The van der Waals surface area contributed by atoms with Crippen LogP contribution >= 0.6 is 12.2 Å². The molecule has 1 aliphatic carbocycles. The molecule has 0 aliphatic heterocycles. The summed E-state index contributed by atoms with van der Waals surface area (Å²) in [5.41, 5.74) is 6.24. The lowest BCUT2D eigenvalue weighted by molar-refractivity contribution is -0.147. The van der Waals surface area contributed by atoms with Crippen LogP contribution in [0, 0.1) is 0 Å². The highest BCUT2D eigenvalue weighted by molar-refractivity contribution is 7.80. The van der Waals surface area contributed by atoms with Gasteiger partial charge in [0.2, 0.25) is 0 Å². The van der Waals surface area contributed by atoms with E-state index in [9.17, 15) is 20.1 Å². The van der Waals surface area contributed by atoms with Crippen LogP contribution < -0.4 is 25.6 Å². The number of Topliss-reactive ketones (excluding diaryl/α,β-unsaturated/α-hetero) is 1. The fourth-order valence-electron chi connectivity index (χ4n) is 2.79. The van der Waals surface area contributed by atoms with Gasteiger partial charge in [0.1, 0.15) is 12.1 Å². The molecule has 10 heteroatoms. The molecule has 4 atom stereocenters. The number of hydrogen-bond donors (Lipinski definition) is 6. The molecule has 27 heavy (non-hydrogen) atoms. The van der Waals surface area contributed by atoms with Crippen molar-refractivity contribution in [2.24, 2.45) is 0 Å². The Kier molecular flexibility index (Phi) is 7.75. The van der Waals surface area contributed by atoms with E-state index >= 15 is 0 Å². The Morgan fingerprint density at radius 3 is 2.56 bits per heavy atom. The Hall–Kier alpha value is -1.98. The lowest BCUT2D eigenvalue weighted by Gasteiger charge is -2.33. The maximum Gasteiger partial charge on any atom is 0.185 e. The second-order valence-electron chi connectivity index (χ2n) is 6.16. The monoisotopic (exact) mass is 399 g/mol. The van der Waals surface area contributed by atoms with Crippen molar-refractivity contribution < 1.29 is 29.6 Å². The highest BCUT2D eigenvalue weighted by Gasteiger charge is 2.41. The third-order valence-corrected chi connectivity index (χ3v) is 4.57. The third kappa shape index (κ3) is 5.50. The molecule has 4 unspecified atom stereocenters. The maximum absolute atomic E-state index is 11.9. The van der Waals surface area contributed by atoms with Gasteiger partial charge in [-0.15, -0.1) is 0 Å². The lowest BCUT2D eigenvalue weighted by Crippen LogP contribution is -2.63. The number of ether oxygens (including phenoxy) is 2. The van der Waals surface area contributed by atoms with Crippen LogP contribution in [0.15, 0.2) is 18.2 Å². The molecule has 9 nitrogen and oxygen atoms in total. The van der Waals surface area contributed by atoms with Gasteiger partial charge in [0.15, 0.2) is 22.4 Å². The summed E-state index contributed by atoms with van der Waals surface area (Å²) in [5.74, 6) is 0.600. The first-order valence-electron chi connectivity index (χ1n) is 8.45. The topological polar surface area (TPSA) is 132 Å². The van der Waals surface area contributed by atoms with Crippen LogP contribution in [0.3, 0.4) is 0 Å². The highest BCUT2D eigenvalue weighted by Crippen LogP contribution is 2.27. The molecule has 1 aliphatic rings. The first kappa shape index (κ1) is 21.3. The van der Waals surface area contributed by atoms with Crippen LogP contribution in [-0.4, -0.2) is 71.3 Å². The number of rotatable bonds is 7. The second kappa shape index (κ2) is 9.81. The summed E-state index contributed by atoms with van der Waals surface area (Å²) in [5, 5.41) is 32.2. The predicted octanol–water partition coefficient (Wildman–Crippen LogP) is -1.36. The number of carbonyl (C=O) groups is 1. The Bertz CT molecular complexity index is 674. The summed E-state index contributed by atoms with van der Waals surface area (Å²) in [6.07, 6.45) is -3.36. The molecule has 0 aromatic heterocycles. The van der Waals surface area contributed by atoms with Gasteiger partial charge >= 0.3 is 0 Å². The number of methoxy groups -OCH3 is 2. The number of aliphatic hydroxyl groups is 3. The normalized spacial score (nSPS) is 25.0. The van der Waals surface area contributed by atoms with Crippen molar-refractivity contribution in [3.63, 3.8) is 0 Å². The minimum absolute atomic E-state index is 0.105. The average molecular weight is 399 g/mol. The standard InChI is InChI=1S/C17H25N3O6S/c1-25-12-4-3-9(7-13(12)26-2)5-6-18-17(27)20-19-14-10(21)8-11(22)15(23)16(14)24/h3-4,7,10-11,14-15,19,21-23H,5-6,8H2,1-2H3,(H2,18,20,27). The summed E-state index contributed by atoms with van der Waals surface area (Å²) in [6, 6.07) is 4.55. The number of ketones is 1. The van der Waals surface area contributed by atoms with Crippen molar-refractivity contribution in [1.29, 1.82) is 0 Å². The van der Waals surface area contributed by atoms with Crippen molar-refractivity contribution in [1.82, 2.24) is 16.2 Å². The number of benzene rings is 1. The molecular weight excluding hydrogens is 374 g/mol. The van der Waals surface area contributed by atoms with Crippen molar-refractivity contribution >= 4 is 23.1 Å². The van der Waals surface area contributed by atoms with Gasteiger partial charge < -0.3 is 30.1 Å². The summed E-state index contributed by atoms with van der Waals surface area (Å²) in [4.78, 5) is 11.9. The molecule has 150 valence electrons. The molecule has 0 bridgehead atoms. The highest BCUT2D eigenvalue weighted by atomic mass is 32.1. The molecular formula is C17H25N3O6S. The molecule has 1 fully saturated rings. The van der Waals surface area contributed by atoms with Gasteiger partial charge in [-0.05, 0) is 36.3 Å². The minimum atomic E-state index is -1.53. The number of nitrogens with one attached hydrogen (secondary N) is 3. The molecule has 0 spiro atoms. The largest absolute Gasteiger partial charge is 0.493 e. The van der Waals surface area contributed by atoms with Gasteiger partial charge in [-0.3, -0.25) is 10.2 Å². The molecule has 1 aromatic rings. The van der Waals surface area contributed by atoms with Gasteiger partial charge in [0, 0.05) is 13.0 Å². The Labute approximate surface area is 162 Å². The summed E-state index contributed by atoms with van der Waals surface area (Å²) < 4.78 is 10.5. The van der Waals surface area contributed by atoms with E-state index in [4.69, 9.17) is 21.7 Å². The Balaban J connectivity index is 1.77. The van der Waals surface area contributed by atoms with Crippen molar-refractivity contribution in [2.45, 2.75) is 37.2 Å². The number of carbonyl (C=O) groups excluding carboxylic acids is 1. The third-order valence-electron chi connectivity index (χ3n) is 4.32. The van der Waals surface area contributed by atoms with E-state index in [1.54, 1.807) is 14.2 Å². The quantitative estimate of drug-likeness (QED) is 0.241. The molecule has 1 aromatic carbocycles. The summed E-state index contributed by atoms with van der Waals surface area (Å²) in [6.45, 7) is 0.519. The molecule has 0 radical (unpaired) electrons. The fraction of sp³-hybridized carbons (Fsp3) is 0.529. The molecule has 2 rings (SSSR count). The second-order valence-corrected chi connectivity index (χ2v) is 6.57. The predicted molar refractivity (Wildman–Crippen MR) is 102 cm³/mol. The van der Waals surface area contributed by atoms with Gasteiger partial charge in [-0.25, -0.2) is 5.43 Å². The van der Waals surface area contributed by atoms with E-state index in [1.807, 2.05) is 18.2 Å². The van der Waals surface area contributed by atoms with Crippen LogP contribution in [0.2, 0.25) is 0 Å². The SMILES string of the molecule is COc1ccc(CCNC(=S)NNC2C(=O)C(O)C(O)CC2O)cc1OC. The molecule has 0 heterocycles.